The predicted octanol–water partition coefficient (Wildman–Crippen LogP) is 3.70. The average Bonchev–Trinajstić information content (AvgIpc) is 2.61. The van der Waals surface area contributed by atoms with Crippen LogP contribution in [0.3, 0.4) is 0 Å². The fraction of sp³-hybridized carbons (Fsp3) is 0.650. The first-order valence-corrected chi connectivity index (χ1v) is 9.50. The van der Waals surface area contributed by atoms with E-state index < -0.39 is 0 Å². The number of nitrogens with one attached hydrogen (secondary N) is 2. The SMILES string of the molecule is CCNC(=NCc1ccccc1OCC)NCC1(C)CCCCC1O.I. The van der Waals surface area contributed by atoms with Crippen molar-refractivity contribution in [3.63, 3.8) is 0 Å². The minimum atomic E-state index is -0.240. The number of hydrogen-bond acceptors (Lipinski definition) is 3. The monoisotopic (exact) mass is 475 g/mol. The molecule has 1 aliphatic carbocycles. The summed E-state index contributed by atoms with van der Waals surface area (Å²) in [5.74, 6) is 1.67. The van der Waals surface area contributed by atoms with Crippen molar-refractivity contribution in [1.29, 1.82) is 0 Å². The minimum absolute atomic E-state index is 0. The molecule has 0 aliphatic heterocycles. The molecular formula is C20H34IN3O2. The highest BCUT2D eigenvalue weighted by atomic mass is 127. The lowest BCUT2D eigenvalue weighted by atomic mass is 9.73. The van der Waals surface area contributed by atoms with Crippen LogP contribution in [0, 0.1) is 5.41 Å². The maximum atomic E-state index is 10.4. The number of aliphatic hydroxyl groups is 1. The first-order chi connectivity index (χ1) is 12.1. The average molecular weight is 475 g/mol. The van der Waals surface area contributed by atoms with E-state index in [0.29, 0.717) is 13.2 Å². The van der Waals surface area contributed by atoms with Gasteiger partial charge in [-0.15, -0.1) is 24.0 Å². The molecule has 5 nitrogen and oxygen atoms in total. The molecule has 0 amide bonds. The maximum absolute atomic E-state index is 10.4. The van der Waals surface area contributed by atoms with Crippen LogP contribution in [0.5, 0.6) is 5.75 Å². The van der Waals surface area contributed by atoms with E-state index in [1.807, 2.05) is 31.2 Å². The molecule has 3 N–H and O–H groups in total. The Morgan fingerprint density at radius 3 is 2.73 bits per heavy atom. The molecule has 0 bridgehead atoms. The van der Waals surface area contributed by atoms with Crippen LogP contribution in [-0.4, -0.2) is 36.9 Å². The lowest BCUT2D eigenvalue weighted by Crippen LogP contribution is -2.48. The highest BCUT2D eigenvalue weighted by Gasteiger charge is 2.35. The number of aliphatic imine (C=N–C) groups is 1. The lowest BCUT2D eigenvalue weighted by Gasteiger charge is -2.38. The molecule has 0 spiro atoms. The van der Waals surface area contributed by atoms with Gasteiger partial charge < -0.3 is 20.5 Å². The number of ether oxygens (including phenoxy) is 1. The van der Waals surface area contributed by atoms with Gasteiger partial charge in [0.2, 0.25) is 0 Å². The third kappa shape index (κ3) is 6.61. The lowest BCUT2D eigenvalue weighted by molar-refractivity contribution is 0.00397. The quantitative estimate of drug-likeness (QED) is 0.320. The van der Waals surface area contributed by atoms with E-state index in [1.165, 1.54) is 6.42 Å². The van der Waals surface area contributed by atoms with Gasteiger partial charge in [0, 0.05) is 24.1 Å². The van der Waals surface area contributed by atoms with Crippen molar-refractivity contribution in [3.05, 3.63) is 29.8 Å². The largest absolute Gasteiger partial charge is 0.494 e. The summed E-state index contributed by atoms with van der Waals surface area (Å²) in [5, 5.41) is 17.1. The maximum Gasteiger partial charge on any atom is 0.191 e. The van der Waals surface area contributed by atoms with Crippen LogP contribution < -0.4 is 15.4 Å². The number of para-hydroxylation sites is 1. The van der Waals surface area contributed by atoms with Crippen LogP contribution in [0.4, 0.5) is 0 Å². The second-order valence-electron chi connectivity index (χ2n) is 7.01. The fourth-order valence-corrected chi connectivity index (χ4v) is 3.31. The molecule has 148 valence electrons. The number of halogens is 1. The van der Waals surface area contributed by atoms with Gasteiger partial charge in [0.05, 0.1) is 19.3 Å². The van der Waals surface area contributed by atoms with Crippen LogP contribution in [0.15, 0.2) is 29.3 Å². The van der Waals surface area contributed by atoms with Crippen molar-refractivity contribution in [3.8, 4) is 5.75 Å². The molecule has 0 aromatic heterocycles. The van der Waals surface area contributed by atoms with E-state index in [9.17, 15) is 5.11 Å². The zero-order valence-electron chi connectivity index (χ0n) is 16.3. The molecule has 2 atom stereocenters. The molecule has 0 radical (unpaired) electrons. The van der Waals surface area contributed by atoms with E-state index in [4.69, 9.17) is 9.73 Å². The second-order valence-corrected chi connectivity index (χ2v) is 7.01. The predicted molar refractivity (Wildman–Crippen MR) is 118 cm³/mol. The Kier molecular flexibility index (Phi) is 10.3. The molecule has 1 fully saturated rings. The van der Waals surface area contributed by atoms with Gasteiger partial charge in [0.25, 0.3) is 0 Å². The first-order valence-electron chi connectivity index (χ1n) is 9.50. The summed E-state index contributed by atoms with van der Waals surface area (Å²) in [6.45, 7) is 8.95. The van der Waals surface area contributed by atoms with Gasteiger partial charge in [-0.05, 0) is 32.8 Å². The number of hydrogen-bond donors (Lipinski definition) is 3. The van der Waals surface area contributed by atoms with Crippen molar-refractivity contribution < 1.29 is 9.84 Å². The van der Waals surface area contributed by atoms with E-state index in [2.05, 4.69) is 24.5 Å². The third-order valence-electron chi connectivity index (χ3n) is 4.96. The second kappa shape index (κ2) is 11.6. The molecule has 1 aliphatic rings. The van der Waals surface area contributed by atoms with Crippen molar-refractivity contribution in [1.82, 2.24) is 10.6 Å². The molecule has 2 unspecified atom stereocenters. The van der Waals surface area contributed by atoms with E-state index in [0.717, 1.165) is 49.6 Å². The van der Waals surface area contributed by atoms with E-state index in [-0.39, 0.29) is 35.5 Å². The molecule has 2 rings (SSSR count). The van der Waals surface area contributed by atoms with Gasteiger partial charge in [-0.3, -0.25) is 0 Å². The summed E-state index contributed by atoms with van der Waals surface area (Å²) >= 11 is 0. The molecule has 6 heteroatoms. The summed E-state index contributed by atoms with van der Waals surface area (Å²) in [5.41, 5.74) is 0.989. The normalized spacial score (nSPS) is 23.1. The summed E-state index contributed by atoms with van der Waals surface area (Å²) < 4.78 is 5.67. The molecular weight excluding hydrogens is 441 g/mol. The molecule has 0 saturated heterocycles. The smallest absolute Gasteiger partial charge is 0.191 e. The van der Waals surface area contributed by atoms with Crippen LogP contribution in [0.25, 0.3) is 0 Å². The Morgan fingerprint density at radius 1 is 1.27 bits per heavy atom. The summed E-state index contributed by atoms with van der Waals surface area (Å²) in [6, 6.07) is 8.01. The number of guanidine groups is 1. The van der Waals surface area contributed by atoms with Gasteiger partial charge >= 0.3 is 0 Å². The first kappa shape index (κ1) is 23.0. The van der Waals surface area contributed by atoms with Gasteiger partial charge in [0.1, 0.15) is 5.75 Å². The zero-order valence-corrected chi connectivity index (χ0v) is 18.6. The van der Waals surface area contributed by atoms with Gasteiger partial charge in [-0.25, -0.2) is 4.99 Å². The molecule has 1 aromatic carbocycles. The molecule has 1 aromatic rings. The van der Waals surface area contributed by atoms with Gasteiger partial charge in [-0.1, -0.05) is 38.0 Å². The minimum Gasteiger partial charge on any atom is -0.494 e. The standard InChI is InChI=1S/C20H33N3O2.HI/c1-4-21-19(23-15-20(3)13-9-8-12-18(20)24)22-14-16-10-6-7-11-17(16)25-5-2;/h6-7,10-11,18,24H,4-5,8-9,12-15H2,1-3H3,(H2,21,22,23);1H. The van der Waals surface area contributed by atoms with E-state index in [1.54, 1.807) is 0 Å². The van der Waals surface area contributed by atoms with Crippen molar-refractivity contribution >= 4 is 29.9 Å². The zero-order chi connectivity index (χ0) is 18.1. The Labute approximate surface area is 175 Å². The summed E-state index contributed by atoms with van der Waals surface area (Å²) in [7, 11) is 0. The van der Waals surface area contributed by atoms with Crippen LogP contribution >= 0.6 is 24.0 Å². The Bertz CT molecular complexity index is 568. The van der Waals surface area contributed by atoms with Crippen LogP contribution in [0.2, 0.25) is 0 Å². The van der Waals surface area contributed by atoms with Gasteiger partial charge in [-0.2, -0.15) is 0 Å². The highest BCUT2D eigenvalue weighted by molar-refractivity contribution is 14.0. The van der Waals surface area contributed by atoms with Crippen molar-refractivity contribution in [2.45, 2.75) is 59.1 Å². The molecule has 0 heterocycles. The third-order valence-corrected chi connectivity index (χ3v) is 4.96. The number of nitrogens with zero attached hydrogens (tertiary/aromatic N) is 1. The Balaban J connectivity index is 0.00000338. The summed E-state index contributed by atoms with van der Waals surface area (Å²) in [4.78, 5) is 4.70. The van der Waals surface area contributed by atoms with Crippen molar-refractivity contribution in [2.75, 3.05) is 19.7 Å². The number of rotatable bonds is 7. The van der Waals surface area contributed by atoms with Crippen LogP contribution in [-0.2, 0) is 6.54 Å². The Hall–Kier alpha value is -1.02. The molecule has 26 heavy (non-hydrogen) atoms. The van der Waals surface area contributed by atoms with E-state index >= 15 is 0 Å². The fourth-order valence-electron chi connectivity index (χ4n) is 3.31. The van der Waals surface area contributed by atoms with Gasteiger partial charge in [0.15, 0.2) is 5.96 Å². The number of benzene rings is 1. The molecule has 1 saturated carbocycles. The Morgan fingerprint density at radius 2 is 2.04 bits per heavy atom. The van der Waals surface area contributed by atoms with Crippen LogP contribution in [0.1, 0.15) is 52.0 Å². The highest BCUT2D eigenvalue weighted by Crippen LogP contribution is 2.35. The topological polar surface area (TPSA) is 65.9 Å². The number of aliphatic hydroxyl groups excluding tert-OH is 1. The summed E-state index contributed by atoms with van der Waals surface area (Å²) in [6.07, 6.45) is 4.01. The van der Waals surface area contributed by atoms with Crippen molar-refractivity contribution in [2.24, 2.45) is 10.4 Å².